The van der Waals surface area contributed by atoms with Crippen LogP contribution in [-0.2, 0) is 6.54 Å². The van der Waals surface area contributed by atoms with Gasteiger partial charge in [-0.3, -0.25) is 4.79 Å². The Labute approximate surface area is 90.2 Å². The molecule has 0 amide bonds. The Morgan fingerprint density at radius 1 is 1.53 bits per heavy atom. The van der Waals surface area contributed by atoms with Crippen molar-refractivity contribution in [2.45, 2.75) is 13.5 Å². The lowest BCUT2D eigenvalue weighted by Crippen LogP contribution is -2.22. The number of aryl methyl sites for hydroxylation is 1. The van der Waals surface area contributed by atoms with E-state index in [-0.39, 0.29) is 11.2 Å². The number of nitrogens with two attached hydrogens (primary N) is 1. The Morgan fingerprint density at radius 2 is 2.33 bits per heavy atom. The predicted octanol–water partition coefficient (Wildman–Crippen LogP) is 0.639. The molecule has 78 valence electrons. The molecule has 2 rings (SSSR count). The van der Waals surface area contributed by atoms with Gasteiger partial charge in [-0.1, -0.05) is 11.3 Å². The summed E-state index contributed by atoms with van der Waals surface area (Å²) in [6, 6.07) is 3.33. The van der Waals surface area contributed by atoms with Crippen LogP contribution in [0.3, 0.4) is 0 Å². The topological polar surface area (TPSA) is 73.8 Å². The van der Waals surface area contributed by atoms with Crippen LogP contribution < -0.4 is 11.3 Å². The molecule has 2 N–H and O–H groups in total. The summed E-state index contributed by atoms with van der Waals surface area (Å²) in [5, 5.41) is 9.53. The van der Waals surface area contributed by atoms with Gasteiger partial charge in [0.15, 0.2) is 0 Å². The van der Waals surface area contributed by atoms with Crippen LogP contribution in [0.15, 0.2) is 23.1 Å². The Kier molecular flexibility index (Phi) is 2.51. The van der Waals surface area contributed by atoms with Crippen LogP contribution in [0.1, 0.15) is 10.0 Å². The minimum Gasteiger partial charge on any atom is -0.394 e. The zero-order chi connectivity index (χ0) is 10.8. The molecule has 5 nitrogen and oxygen atoms in total. The first-order valence-corrected chi connectivity index (χ1v) is 5.22. The minimum absolute atomic E-state index is 0.189. The Balaban J connectivity index is 2.32. The molecule has 2 heterocycles. The molecule has 0 atom stereocenters. The van der Waals surface area contributed by atoms with Crippen molar-refractivity contribution in [3.63, 3.8) is 0 Å². The van der Waals surface area contributed by atoms with E-state index in [0.717, 1.165) is 10.0 Å². The van der Waals surface area contributed by atoms with Gasteiger partial charge in [0.25, 0.3) is 5.56 Å². The van der Waals surface area contributed by atoms with Crippen LogP contribution in [0.25, 0.3) is 0 Å². The molecule has 0 saturated heterocycles. The van der Waals surface area contributed by atoms with Gasteiger partial charge in [-0.05, 0) is 19.1 Å². The molecule has 0 saturated carbocycles. The summed E-state index contributed by atoms with van der Waals surface area (Å²) in [7, 11) is 0. The average Bonchev–Trinajstić information content (AvgIpc) is 2.59. The lowest BCUT2D eigenvalue weighted by atomic mass is 10.4. The monoisotopic (exact) mass is 222 g/mol. The van der Waals surface area contributed by atoms with E-state index in [1.54, 1.807) is 18.3 Å². The van der Waals surface area contributed by atoms with Gasteiger partial charge in [-0.25, -0.2) is 0 Å². The van der Waals surface area contributed by atoms with E-state index in [4.69, 9.17) is 5.73 Å². The van der Waals surface area contributed by atoms with Crippen LogP contribution in [-0.4, -0.2) is 14.8 Å². The van der Waals surface area contributed by atoms with Crippen molar-refractivity contribution in [3.8, 4) is 0 Å². The maximum absolute atomic E-state index is 11.6. The summed E-state index contributed by atoms with van der Waals surface area (Å²) in [6.07, 6.45) is 1.69. The fourth-order valence-electron chi connectivity index (χ4n) is 1.23. The second-order valence-electron chi connectivity index (χ2n) is 3.11. The van der Waals surface area contributed by atoms with E-state index < -0.39 is 0 Å². The second kappa shape index (κ2) is 3.82. The molecule has 0 spiro atoms. The first-order chi connectivity index (χ1) is 7.16. The van der Waals surface area contributed by atoms with Crippen LogP contribution >= 0.6 is 11.3 Å². The van der Waals surface area contributed by atoms with E-state index >= 15 is 0 Å². The standard InChI is InChI=1S/C9H10N4OS/c1-6-11-12-8(15-6)5-13-4-2-3-7(10)9(13)14/h2-4H,5,10H2,1H3. The van der Waals surface area contributed by atoms with Crippen molar-refractivity contribution in [2.75, 3.05) is 5.73 Å². The van der Waals surface area contributed by atoms with Crippen LogP contribution in [0, 0.1) is 6.92 Å². The molecule has 0 bridgehead atoms. The molecule has 6 heteroatoms. The summed E-state index contributed by atoms with van der Waals surface area (Å²) in [5.41, 5.74) is 5.57. The van der Waals surface area contributed by atoms with E-state index in [9.17, 15) is 4.79 Å². The first kappa shape index (κ1) is 9.85. The largest absolute Gasteiger partial charge is 0.394 e. The molecule has 2 aromatic heterocycles. The van der Waals surface area contributed by atoms with Crippen LogP contribution in [0.4, 0.5) is 5.69 Å². The minimum atomic E-state index is -0.189. The number of nitrogen functional groups attached to an aromatic ring is 1. The molecular weight excluding hydrogens is 212 g/mol. The van der Waals surface area contributed by atoms with E-state index in [2.05, 4.69) is 10.2 Å². The molecule has 0 aliphatic rings. The average molecular weight is 222 g/mol. The van der Waals surface area contributed by atoms with Crippen molar-refractivity contribution in [1.29, 1.82) is 0 Å². The number of anilines is 1. The van der Waals surface area contributed by atoms with Gasteiger partial charge < -0.3 is 10.3 Å². The van der Waals surface area contributed by atoms with Crippen molar-refractivity contribution >= 4 is 17.0 Å². The number of hydrogen-bond donors (Lipinski definition) is 1. The van der Waals surface area contributed by atoms with Crippen LogP contribution in [0.5, 0.6) is 0 Å². The van der Waals surface area contributed by atoms with Crippen molar-refractivity contribution in [2.24, 2.45) is 0 Å². The smallest absolute Gasteiger partial charge is 0.274 e. The third-order valence-electron chi connectivity index (χ3n) is 1.92. The van der Waals surface area contributed by atoms with Gasteiger partial charge in [0, 0.05) is 6.20 Å². The molecule has 15 heavy (non-hydrogen) atoms. The third-order valence-corrected chi connectivity index (χ3v) is 2.75. The number of pyridine rings is 1. The van der Waals surface area contributed by atoms with Gasteiger partial charge in [0.1, 0.15) is 10.0 Å². The van der Waals surface area contributed by atoms with Crippen LogP contribution in [0.2, 0.25) is 0 Å². The third kappa shape index (κ3) is 2.04. The van der Waals surface area contributed by atoms with Crippen molar-refractivity contribution in [1.82, 2.24) is 14.8 Å². The molecule has 0 unspecified atom stereocenters. The lowest BCUT2D eigenvalue weighted by molar-refractivity contribution is 0.745. The Hall–Kier alpha value is -1.69. The zero-order valence-corrected chi connectivity index (χ0v) is 8.99. The fraction of sp³-hybridized carbons (Fsp3) is 0.222. The number of rotatable bonds is 2. The molecule has 0 fully saturated rings. The van der Waals surface area contributed by atoms with E-state index in [0.29, 0.717) is 6.54 Å². The highest BCUT2D eigenvalue weighted by atomic mass is 32.1. The van der Waals surface area contributed by atoms with Crippen molar-refractivity contribution < 1.29 is 0 Å². The molecular formula is C9H10N4OS. The predicted molar refractivity (Wildman–Crippen MR) is 58.9 cm³/mol. The molecule has 0 radical (unpaired) electrons. The van der Waals surface area contributed by atoms with Gasteiger partial charge in [0.2, 0.25) is 0 Å². The number of nitrogens with zero attached hydrogens (tertiary/aromatic N) is 3. The van der Waals surface area contributed by atoms with Gasteiger partial charge in [0.05, 0.1) is 12.2 Å². The quantitative estimate of drug-likeness (QED) is 0.809. The maximum Gasteiger partial charge on any atom is 0.274 e. The summed E-state index contributed by atoms with van der Waals surface area (Å²) >= 11 is 1.47. The first-order valence-electron chi connectivity index (χ1n) is 4.41. The highest BCUT2D eigenvalue weighted by molar-refractivity contribution is 7.11. The highest BCUT2D eigenvalue weighted by Gasteiger charge is 2.04. The second-order valence-corrected chi connectivity index (χ2v) is 4.38. The normalized spacial score (nSPS) is 10.5. The zero-order valence-electron chi connectivity index (χ0n) is 8.17. The van der Waals surface area contributed by atoms with Gasteiger partial charge >= 0.3 is 0 Å². The molecule has 0 aromatic carbocycles. The SMILES string of the molecule is Cc1nnc(Cn2cccc(N)c2=O)s1. The van der Waals surface area contributed by atoms with Gasteiger partial charge in [-0.2, -0.15) is 0 Å². The summed E-state index contributed by atoms with van der Waals surface area (Å²) in [4.78, 5) is 11.6. The summed E-state index contributed by atoms with van der Waals surface area (Å²) in [6.45, 7) is 2.30. The Morgan fingerprint density at radius 3 is 3.00 bits per heavy atom. The van der Waals surface area contributed by atoms with E-state index in [1.165, 1.54) is 15.9 Å². The molecule has 0 aliphatic heterocycles. The number of aromatic nitrogens is 3. The molecule has 0 aliphatic carbocycles. The maximum atomic E-state index is 11.6. The fourth-order valence-corrected chi connectivity index (χ4v) is 1.93. The van der Waals surface area contributed by atoms with E-state index in [1.807, 2.05) is 6.92 Å². The number of hydrogen-bond acceptors (Lipinski definition) is 5. The summed E-state index contributed by atoms with van der Waals surface area (Å²) < 4.78 is 1.52. The lowest BCUT2D eigenvalue weighted by Gasteiger charge is -2.02. The van der Waals surface area contributed by atoms with Crippen molar-refractivity contribution in [3.05, 3.63) is 38.7 Å². The Bertz CT molecular complexity index is 531. The van der Waals surface area contributed by atoms with Gasteiger partial charge in [-0.15, -0.1) is 10.2 Å². The summed E-state index contributed by atoms with van der Waals surface area (Å²) in [5.74, 6) is 0. The highest BCUT2D eigenvalue weighted by Crippen LogP contribution is 2.08. The molecule has 2 aromatic rings.